The fourth-order valence-corrected chi connectivity index (χ4v) is 1.98. The van der Waals surface area contributed by atoms with E-state index in [1.807, 2.05) is 0 Å². The third-order valence-corrected chi connectivity index (χ3v) is 2.47. The Morgan fingerprint density at radius 2 is 2.36 bits per heavy atom. The Balaban J connectivity index is 2.60. The minimum atomic E-state index is -0.657. The molecule has 11 heavy (non-hydrogen) atoms. The van der Waals surface area contributed by atoms with E-state index in [0.29, 0.717) is 12.3 Å². The van der Waals surface area contributed by atoms with Gasteiger partial charge in [-0.2, -0.15) is 0 Å². The summed E-state index contributed by atoms with van der Waals surface area (Å²) in [4.78, 5) is 10.8. The topological polar surface area (TPSA) is 37.3 Å². The molecule has 2 nitrogen and oxygen atoms in total. The van der Waals surface area contributed by atoms with Crippen LogP contribution in [0.4, 0.5) is 0 Å². The lowest BCUT2D eigenvalue weighted by Crippen LogP contribution is -2.42. The molecule has 0 bridgehead atoms. The van der Waals surface area contributed by atoms with E-state index >= 15 is 0 Å². The van der Waals surface area contributed by atoms with Gasteiger partial charge in [0.25, 0.3) is 0 Å². The summed E-state index contributed by atoms with van der Waals surface area (Å²) in [5.74, 6) is -0.0819. The number of allylic oxidation sites excluding steroid dienone is 1. The van der Waals surface area contributed by atoms with Crippen molar-refractivity contribution in [3.05, 3.63) is 12.7 Å². The second-order valence-electron chi connectivity index (χ2n) is 3.59. The van der Waals surface area contributed by atoms with Gasteiger partial charge in [-0.05, 0) is 25.2 Å². The van der Waals surface area contributed by atoms with Crippen molar-refractivity contribution in [3.63, 3.8) is 0 Å². The Morgan fingerprint density at radius 1 is 1.82 bits per heavy atom. The van der Waals surface area contributed by atoms with Crippen molar-refractivity contribution in [3.8, 4) is 0 Å². The van der Waals surface area contributed by atoms with Crippen LogP contribution in [0.25, 0.3) is 0 Å². The van der Waals surface area contributed by atoms with Crippen LogP contribution < -0.4 is 0 Å². The van der Waals surface area contributed by atoms with Gasteiger partial charge in [-0.25, -0.2) is 0 Å². The summed E-state index contributed by atoms with van der Waals surface area (Å²) in [6, 6.07) is 0. The molecule has 0 aromatic carbocycles. The van der Waals surface area contributed by atoms with Crippen molar-refractivity contribution in [1.82, 2.24) is 0 Å². The molecular weight excluding hydrogens is 140 g/mol. The summed E-state index contributed by atoms with van der Waals surface area (Å²) in [6.45, 7) is 5.66. The summed E-state index contributed by atoms with van der Waals surface area (Å²) < 4.78 is 0. The van der Waals surface area contributed by atoms with E-state index in [4.69, 9.17) is 5.11 Å². The van der Waals surface area contributed by atoms with Crippen LogP contribution in [0.3, 0.4) is 0 Å². The van der Waals surface area contributed by atoms with Crippen LogP contribution in [0.5, 0.6) is 0 Å². The van der Waals surface area contributed by atoms with Gasteiger partial charge in [-0.15, -0.1) is 6.58 Å². The SMILES string of the molecule is C=CCC1(C(=O)O)CC(C)C1. The van der Waals surface area contributed by atoms with E-state index in [9.17, 15) is 4.79 Å². The Labute approximate surface area is 66.9 Å². The molecule has 0 aromatic rings. The van der Waals surface area contributed by atoms with E-state index < -0.39 is 11.4 Å². The van der Waals surface area contributed by atoms with Crippen LogP contribution in [0.2, 0.25) is 0 Å². The number of aliphatic carboxylic acids is 1. The van der Waals surface area contributed by atoms with Gasteiger partial charge in [0.1, 0.15) is 0 Å². The summed E-state index contributed by atoms with van der Waals surface area (Å²) in [7, 11) is 0. The molecule has 1 aliphatic carbocycles. The van der Waals surface area contributed by atoms with Gasteiger partial charge < -0.3 is 5.11 Å². The molecule has 0 spiro atoms. The van der Waals surface area contributed by atoms with Crippen LogP contribution in [0, 0.1) is 11.3 Å². The van der Waals surface area contributed by atoms with Crippen molar-refractivity contribution in [2.75, 3.05) is 0 Å². The van der Waals surface area contributed by atoms with E-state index in [2.05, 4.69) is 13.5 Å². The van der Waals surface area contributed by atoms with Crippen LogP contribution in [0.1, 0.15) is 26.2 Å². The molecule has 1 rings (SSSR count). The van der Waals surface area contributed by atoms with E-state index in [0.717, 1.165) is 12.8 Å². The molecule has 62 valence electrons. The minimum absolute atomic E-state index is 0.457. The first-order valence-electron chi connectivity index (χ1n) is 3.95. The Bertz CT molecular complexity index is 178. The second-order valence-corrected chi connectivity index (χ2v) is 3.59. The lowest BCUT2D eigenvalue weighted by atomic mass is 9.61. The van der Waals surface area contributed by atoms with E-state index in [1.165, 1.54) is 0 Å². The highest BCUT2D eigenvalue weighted by atomic mass is 16.4. The predicted molar refractivity (Wildman–Crippen MR) is 43.3 cm³/mol. The van der Waals surface area contributed by atoms with Gasteiger partial charge in [0.15, 0.2) is 0 Å². The molecule has 1 N–H and O–H groups in total. The Kier molecular flexibility index (Phi) is 2.03. The summed E-state index contributed by atoms with van der Waals surface area (Å²) in [6.07, 6.45) is 3.95. The first-order chi connectivity index (χ1) is 5.10. The molecule has 0 aromatic heterocycles. The molecule has 0 unspecified atom stereocenters. The smallest absolute Gasteiger partial charge is 0.309 e. The standard InChI is InChI=1S/C9H14O2/c1-3-4-9(8(10)11)5-7(2)6-9/h3,7H,1,4-6H2,2H3,(H,10,11). The molecule has 1 aliphatic rings. The number of rotatable bonds is 3. The summed E-state index contributed by atoms with van der Waals surface area (Å²) >= 11 is 0. The molecule has 0 aliphatic heterocycles. The molecule has 0 radical (unpaired) electrons. The molecule has 0 heterocycles. The van der Waals surface area contributed by atoms with Gasteiger partial charge in [-0.3, -0.25) is 4.79 Å². The number of carboxylic acid groups (broad SMARTS) is 1. The quantitative estimate of drug-likeness (QED) is 0.632. The van der Waals surface area contributed by atoms with Crippen molar-refractivity contribution < 1.29 is 9.90 Å². The fraction of sp³-hybridized carbons (Fsp3) is 0.667. The molecule has 0 atom stereocenters. The maximum Gasteiger partial charge on any atom is 0.309 e. The van der Waals surface area contributed by atoms with Crippen molar-refractivity contribution >= 4 is 5.97 Å². The lowest BCUT2D eigenvalue weighted by Gasteiger charge is -2.42. The largest absolute Gasteiger partial charge is 0.481 e. The first kappa shape index (κ1) is 8.31. The first-order valence-corrected chi connectivity index (χ1v) is 3.95. The molecular formula is C9H14O2. The third-order valence-electron chi connectivity index (χ3n) is 2.47. The summed E-state index contributed by atoms with van der Waals surface area (Å²) in [5.41, 5.74) is -0.457. The van der Waals surface area contributed by atoms with Gasteiger partial charge >= 0.3 is 5.97 Å². The lowest BCUT2D eigenvalue weighted by molar-refractivity contribution is -0.157. The number of hydrogen-bond acceptors (Lipinski definition) is 1. The van der Waals surface area contributed by atoms with Gasteiger partial charge in [-0.1, -0.05) is 13.0 Å². The van der Waals surface area contributed by atoms with Crippen LogP contribution in [-0.4, -0.2) is 11.1 Å². The third kappa shape index (κ3) is 1.30. The van der Waals surface area contributed by atoms with E-state index in [-0.39, 0.29) is 0 Å². The molecule has 1 saturated carbocycles. The van der Waals surface area contributed by atoms with Crippen LogP contribution >= 0.6 is 0 Å². The predicted octanol–water partition coefficient (Wildman–Crippen LogP) is 2.06. The Hall–Kier alpha value is -0.790. The Morgan fingerprint density at radius 3 is 2.64 bits per heavy atom. The van der Waals surface area contributed by atoms with Gasteiger partial charge in [0.2, 0.25) is 0 Å². The average Bonchev–Trinajstić information content (AvgIpc) is 1.84. The number of hydrogen-bond donors (Lipinski definition) is 1. The molecule has 0 amide bonds. The maximum absolute atomic E-state index is 10.8. The average molecular weight is 154 g/mol. The highest BCUT2D eigenvalue weighted by Gasteiger charge is 2.47. The molecule has 2 heteroatoms. The van der Waals surface area contributed by atoms with Crippen molar-refractivity contribution in [2.24, 2.45) is 11.3 Å². The highest BCUT2D eigenvalue weighted by molar-refractivity contribution is 5.76. The van der Waals surface area contributed by atoms with Gasteiger partial charge in [0, 0.05) is 0 Å². The fourth-order valence-electron chi connectivity index (χ4n) is 1.98. The monoisotopic (exact) mass is 154 g/mol. The van der Waals surface area contributed by atoms with Gasteiger partial charge in [0.05, 0.1) is 5.41 Å². The normalized spacial score (nSPS) is 35.9. The maximum atomic E-state index is 10.8. The van der Waals surface area contributed by atoms with Crippen LogP contribution in [0.15, 0.2) is 12.7 Å². The van der Waals surface area contributed by atoms with E-state index in [1.54, 1.807) is 6.08 Å². The summed E-state index contributed by atoms with van der Waals surface area (Å²) in [5, 5.41) is 8.88. The number of carboxylic acids is 1. The zero-order valence-electron chi connectivity index (χ0n) is 6.84. The van der Waals surface area contributed by atoms with Crippen LogP contribution in [-0.2, 0) is 4.79 Å². The zero-order chi connectivity index (χ0) is 8.48. The molecule has 1 fully saturated rings. The van der Waals surface area contributed by atoms with Crippen molar-refractivity contribution in [2.45, 2.75) is 26.2 Å². The second kappa shape index (κ2) is 2.68. The molecule has 0 saturated heterocycles. The number of carbonyl (C=O) groups is 1. The zero-order valence-corrected chi connectivity index (χ0v) is 6.84. The van der Waals surface area contributed by atoms with Crippen molar-refractivity contribution in [1.29, 1.82) is 0 Å². The highest BCUT2D eigenvalue weighted by Crippen LogP contribution is 2.48. The minimum Gasteiger partial charge on any atom is -0.481 e.